The van der Waals surface area contributed by atoms with Crippen molar-refractivity contribution in [3.05, 3.63) is 69.8 Å². The zero-order valence-corrected chi connectivity index (χ0v) is 20.7. The minimum Gasteiger partial charge on any atom is -0.376 e. The van der Waals surface area contributed by atoms with E-state index in [1.807, 2.05) is 0 Å². The Morgan fingerprint density at radius 1 is 1.06 bits per heavy atom. The lowest BCUT2D eigenvalue weighted by Crippen LogP contribution is -2.32. The molecule has 1 aliphatic heterocycles. The van der Waals surface area contributed by atoms with E-state index >= 15 is 0 Å². The van der Waals surface area contributed by atoms with Crippen LogP contribution in [0.2, 0.25) is 0 Å². The molecule has 7 nitrogen and oxygen atoms in total. The number of rotatable bonds is 8. The number of ketones is 1. The summed E-state index contributed by atoms with van der Waals surface area (Å²) >= 11 is 1.16. The third-order valence-electron chi connectivity index (χ3n) is 6.78. The maximum atomic E-state index is 13.5. The van der Waals surface area contributed by atoms with Crippen molar-refractivity contribution in [2.45, 2.75) is 62.4 Å². The molecule has 0 unspecified atom stereocenters. The summed E-state index contributed by atoms with van der Waals surface area (Å²) in [4.78, 5) is 43.7. The van der Waals surface area contributed by atoms with Crippen LogP contribution < -0.4 is 10.9 Å². The molecule has 2 fully saturated rings. The number of hydrogen-bond acceptors (Lipinski definition) is 6. The highest BCUT2D eigenvalue weighted by atomic mass is 32.2. The molecule has 0 spiro atoms. The number of hydrogen-bond donors (Lipinski definition) is 1. The number of nitrogens with zero attached hydrogens (tertiary/aromatic N) is 2. The van der Waals surface area contributed by atoms with Crippen molar-refractivity contribution >= 4 is 34.4 Å². The van der Waals surface area contributed by atoms with Gasteiger partial charge in [-0.05, 0) is 68.1 Å². The first-order valence-electron chi connectivity index (χ1n) is 12.4. The molecular weight excluding hydrogens is 481 g/mol. The van der Waals surface area contributed by atoms with Crippen LogP contribution in [-0.2, 0) is 11.3 Å². The number of thioether (sulfide) groups is 1. The van der Waals surface area contributed by atoms with E-state index in [1.165, 1.54) is 24.3 Å². The summed E-state index contributed by atoms with van der Waals surface area (Å²) in [6.45, 7) is 1.00. The second-order valence-corrected chi connectivity index (χ2v) is 10.3. The number of nitrogens with one attached hydrogen (secondary N) is 1. The topological polar surface area (TPSA) is 90.3 Å². The van der Waals surface area contributed by atoms with Crippen LogP contribution in [0, 0.1) is 5.82 Å². The Kier molecular flexibility index (Phi) is 7.48. The first-order chi connectivity index (χ1) is 17.5. The molecule has 1 atom stereocenters. The third kappa shape index (κ3) is 5.52. The molecule has 1 amide bonds. The van der Waals surface area contributed by atoms with E-state index in [0.717, 1.165) is 50.3 Å². The normalized spacial score (nSPS) is 18.1. The van der Waals surface area contributed by atoms with E-state index in [4.69, 9.17) is 9.72 Å². The van der Waals surface area contributed by atoms with E-state index in [0.29, 0.717) is 40.3 Å². The molecule has 9 heteroatoms. The number of Topliss-reactive ketones (excluding diaryl/α,β-unsaturated/α-hetero) is 1. The smallest absolute Gasteiger partial charge is 0.262 e. The molecule has 1 aromatic heterocycles. The molecule has 1 saturated heterocycles. The molecule has 0 radical (unpaired) electrons. The zero-order chi connectivity index (χ0) is 25.1. The summed E-state index contributed by atoms with van der Waals surface area (Å²) in [7, 11) is 0. The summed E-state index contributed by atoms with van der Waals surface area (Å²) in [5.74, 6) is -0.733. The van der Waals surface area contributed by atoms with Crippen LogP contribution >= 0.6 is 11.8 Å². The molecule has 1 aliphatic carbocycles. The number of benzene rings is 2. The van der Waals surface area contributed by atoms with Crippen LogP contribution in [-0.4, -0.2) is 45.7 Å². The first kappa shape index (κ1) is 24.6. The monoisotopic (exact) mass is 509 g/mol. The van der Waals surface area contributed by atoms with Crippen molar-refractivity contribution in [2.75, 3.05) is 12.4 Å². The number of carbonyl (C=O) groups excluding carboxylic acids is 2. The van der Waals surface area contributed by atoms with Gasteiger partial charge in [0, 0.05) is 23.8 Å². The van der Waals surface area contributed by atoms with Crippen molar-refractivity contribution in [1.82, 2.24) is 14.9 Å². The lowest BCUT2D eigenvalue weighted by Gasteiger charge is -2.17. The molecule has 1 saturated carbocycles. The van der Waals surface area contributed by atoms with Gasteiger partial charge in [0.1, 0.15) is 5.82 Å². The molecule has 188 valence electrons. The Balaban J connectivity index is 1.44. The van der Waals surface area contributed by atoms with Gasteiger partial charge in [0.05, 0.1) is 29.3 Å². The molecular formula is C27H28FN3O4S. The van der Waals surface area contributed by atoms with Crippen LogP contribution in [0.3, 0.4) is 0 Å². The molecule has 1 N–H and O–H groups in total. The van der Waals surface area contributed by atoms with Crippen molar-refractivity contribution in [1.29, 1.82) is 0 Å². The predicted molar refractivity (Wildman–Crippen MR) is 136 cm³/mol. The van der Waals surface area contributed by atoms with E-state index in [1.54, 1.807) is 22.8 Å². The zero-order valence-electron chi connectivity index (χ0n) is 19.9. The third-order valence-corrected chi connectivity index (χ3v) is 7.76. The van der Waals surface area contributed by atoms with Crippen LogP contribution in [0.15, 0.2) is 52.4 Å². The molecule has 2 aliphatic rings. The van der Waals surface area contributed by atoms with Gasteiger partial charge >= 0.3 is 0 Å². The molecule has 36 heavy (non-hydrogen) atoms. The van der Waals surface area contributed by atoms with Crippen molar-refractivity contribution in [3.8, 4) is 0 Å². The van der Waals surface area contributed by atoms with Gasteiger partial charge in [-0.1, -0.05) is 24.6 Å². The highest BCUT2D eigenvalue weighted by molar-refractivity contribution is 7.99. The molecule has 2 heterocycles. The largest absolute Gasteiger partial charge is 0.376 e. The summed E-state index contributed by atoms with van der Waals surface area (Å²) in [5.41, 5.74) is 1.04. The van der Waals surface area contributed by atoms with E-state index in [-0.39, 0.29) is 35.1 Å². The van der Waals surface area contributed by atoms with Gasteiger partial charge in [-0.15, -0.1) is 0 Å². The standard InChI is InChI=1S/C27H28FN3O4S/c28-19-10-7-17(8-11-19)24(32)16-36-27-30-23-14-18(25(33)29-20-4-1-2-5-20)9-12-22(23)26(34)31(27)15-21-6-3-13-35-21/h7-12,14,20-21H,1-6,13,15-16H2,(H,29,33)/t21-/m1/s1. The fourth-order valence-electron chi connectivity index (χ4n) is 4.79. The maximum Gasteiger partial charge on any atom is 0.262 e. The lowest BCUT2D eigenvalue weighted by molar-refractivity contribution is 0.0935. The summed E-state index contributed by atoms with van der Waals surface area (Å²) < 4.78 is 20.6. The van der Waals surface area contributed by atoms with Gasteiger partial charge < -0.3 is 10.1 Å². The van der Waals surface area contributed by atoms with Gasteiger partial charge in [-0.2, -0.15) is 0 Å². The molecule has 2 aromatic carbocycles. The van der Waals surface area contributed by atoms with Crippen molar-refractivity contribution in [2.24, 2.45) is 0 Å². The summed E-state index contributed by atoms with van der Waals surface area (Å²) in [5, 5.41) is 3.88. The van der Waals surface area contributed by atoms with Gasteiger partial charge in [0.2, 0.25) is 0 Å². The second-order valence-electron chi connectivity index (χ2n) is 9.35. The van der Waals surface area contributed by atoms with E-state index in [2.05, 4.69) is 5.32 Å². The van der Waals surface area contributed by atoms with E-state index < -0.39 is 5.82 Å². The Hall–Kier alpha value is -3.04. The number of amides is 1. The maximum absolute atomic E-state index is 13.5. The van der Waals surface area contributed by atoms with Crippen LogP contribution in [0.4, 0.5) is 4.39 Å². The van der Waals surface area contributed by atoms with Gasteiger partial charge in [-0.25, -0.2) is 9.37 Å². The van der Waals surface area contributed by atoms with Gasteiger partial charge in [-0.3, -0.25) is 19.0 Å². The fourth-order valence-corrected chi connectivity index (χ4v) is 5.70. The SMILES string of the molecule is O=C(CSc1nc2cc(C(=O)NC3CCCC3)ccc2c(=O)n1C[C@H]1CCCO1)c1ccc(F)cc1. The number of carbonyl (C=O) groups is 2. The molecule has 0 bridgehead atoms. The second kappa shape index (κ2) is 10.9. The quantitative estimate of drug-likeness (QED) is 0.276. The Morgan fingerprint density at radius 2 is 1.81 bits per heavy atom. The van der Waals surface area contributed by atoms with Crippen molar-refractivity contribution in [3.63, 3.8) is 0 Å². The number of ether oxygens (including phenoxy) is 1. The van der Waals surface area contributed by atoms with Gasteiger partial charge in [0.25, 0.3) is 11.5 Å². The van der Waals surface area contributed by atoms with Gasteiger partial charge in [0.15, 0.2) is 10.9 Å². The average Bonchev–Trinajstić information content (AvgIpc) is 3.59. The minimum atomic E-state index is -0.409. The Bertz CT molecular complexity index is 1330. The van der Waals surface area contributed by atoms with Crippen LogP contribution in [0.1, 0.15) is 59.2 Å². The first-order valence-corrected chi connectivity index (χ1v) is 13.3. The Morgan fingerprint density at radius 3 is 2.53 bits per heavy atom. The number of halogens is 1. The molecule has 5 rings (SSSR count). The average molecular weight is 510 g/mol. The summed E-state index contributed by atoms with van der Waals surface area (Å²) in [6.07, 6.45) is 5.89. The van der Waals surface area contributed by atoms with Crippen LogP contribution in [0.5, 0.6) is 0 Å². The minimum absolute atomic E-state index is 0.0387. The van der Waals surface area contributed by atoms with E-state index in [9.17, 15) is 18.8 Å². The lowest BCUT2D eigenvalue weighted by atomic mass is 10.1. The number of aromatic nitrogens is 2. The molecule has 3 aromatic rings. The van der Waals surface area contributed by atoms with Crippen molar-refractivity contribution < 1.29 is 18.7 Å². The fraction of sp³-hybridized carbons (Fsp3) is 0.407. The highest BCUT2D eigenvalue weighted by Crippen LogP contribution is 2.23. The predicted octanol–water partition coefficient (Wildman–Crippen LogP) is 4.36. The van der Waals surface area contributed by atoms with Crippen LogP contribution in [0.25, 0.3) is 10.9 Å². The Labute approximate surface area is 212 Å². The highest BCUT2D eigenvalue weighted by Gasteiger charge is 2.22. The summed E-state index contributed by atoms with van der Waals surface area (Å²) in [6, 6.07) is 10.5. The number of fused-ring (bicyclic) bond motifs is 1.